The van der Waals surface area contributed by atoms with E-state index in [0.29, 0.717) is 38.5 Å². The van der Waals surface area contributed by atoms with Gasteiger partial charge in [0.05, 0.1) is 17.1 Å². The zero-order valence-corrected chi connectivity index (χ0v) is 16.8. The molecule has 1 fully saturated rings. The molecule has 1 saturated heterocycles. The van der Waals surface area contributed by atoms with Crippen molar-refractivity contribution in [3.8, 4) is 0 Å². The molecule has 0 aromatic carbocycles. The van der Waals surface area contributed by atoms with Gasteiger partial charge in [0.15, 0.2) is 0 Å². The molecule has 1 aliphatic rings. The molecule has 1 N–H and O–H groups in total. The lowest BCUT2D eigenvalue weighted by Crippen LogP contribution is -2.52. The molecule has 0 atom stereocenters. The third-order valence-corrected chi connectivity index (χ3v) is 6.00. The Hall–Kier alpha value is -2.00. The fourth-order valence-electron chi connectivity index (χ4n) is 2.92. The molecule has 0 aliphatic carbocycles. The highest BCUT2D eigenvalue weighted by Crippen LogP contribution is 2.33. The molecule has 0 saturated carbocycles. The number of nitrogens with zero attached hydrogens (tertiary/aromatic N) is 3. The van der Waals surface area contributed by atoms with Gasteiger partial charge in [-0.2, -0.15) is 13.2 Å². The summed E-state index contributed by atoms with van der Waals surface area (Å²) in [6.07, 6.45) is -2.72. The van der Waals surface area contributed by atoms with Crippen molar-refractivity contribution in [2.24, 2.45) is 0 Å². The van der Waals surface area contributed by atoms with Crippen LogP contribution in [0.25, 0.3) is 0 Å². The van der Waals surface area contributed by atoms with Gasteiger partial charge in [0, 0.05) is 42.1 Å². The zero-order chi connectivity index (χ0) is 20.3. The molecule has 0 spiro atoms. The van der Waals surface area contributed by atoms with Crippen molar-refractivity contribution in [1.82, 2.24) is 15.2 Å². The molecule has 0 radical (unpaired) electrons. The van der Waals surface area contributed by atoms with Crippen molar-refractivity contribution < 1.29 is 18.0 Å². The number of amides is 2. The zero-order valence-electron chi connectivity index (χ0n) is 15.2. The fourth-order valence-corrected chi connectivity index (χ4v) is 4.11. The summed E-state index contributed by atoms with van der Waals surface area (Å²) in [4.78, 5) is 22.1. The van der Waals surface area contributed by atoms with Gasteiger partial charge in [-0.1, -0.05) is 18.5 Å². The summed E-state index contributed by atoms with van der Waals surface area (Å²) in [5.74, 6) is 0.306. The smallest absolute Gasteiger partial charge is 0.352 e. The second-order valence-electron chi connectivity index (χ2n) is 6.38. The summed E-state index contributed by atoms with van der Waals surface area (Å²) >= 11 is 7.68. The predicted octanol–water partition coefficient (Wildman–Crippen LogP) is 4.41. The minimum atomic E-state index is -4.48. The molecule has 3 heterocycles. The van der Waals surface area contributed by atoms with Gasteiger partial charge < -0.3 is 15.1 Å². The van der Waals surface area contributed by atoms with E-state index in [0.717, 1.165) is 23.6 Å². The molecule has 2 aromatic rings. The van der Waals surface area contributed by atoms with Crippen LogP contribution in [0.4, 0.5) is 23.8 Å². The third kappa shape index (κ3) is 4.88. The Balaban J connectivity index is 1.53. The van der Waals surface area contributed by atoms with E-state index in [4.69, 9.17) is 11.6 Å². The number of carbonyl (C=O) groups is 1. The number of hydrogen-bond acceptors (Lipinski definition) is 4. The number of piperazine rings is 1. The Labute approximate surface area is 170 Å². The SMILES string of the molecule is CCc1ccc(CNC(=O)N2CCN(c3ncc(C(F)(F)F)cc3Cl)CC2)s1. The lowest BCUT2D eigenvalue weighted by atomic mass is 10.2. The maximum atomic E-state index is 12.7. The van der Waals surface area contributed by atoms with E-state index in [1.54, 1.807) is 21.1 Å². The van der Waals surface area contributed by atoms with Crippen LogP contribution in [0.1, 0.15) is 22.2 Å². The van der Waals surface area contributed by atoms with Gasteiger partial charge in [0.1, 0.15) is 5.82 Å². The minimum absolute atomic E-state index is 0.0443. The molecular weight excluding hydrogens is 413 g/mol. The Bertz CT molecular complexity index is 834. The van der Waals surface area contributed by atoms with Crippen LogP contribution >= 0.6 is 22.9 Å². The van der Waals surface area contributed by atoms with Crippen molar-refractivity contribution in [2.45, 2.75) is 26.1 Å². The van der Waals surface area contributed by atoms with E-state index in [1.165, 1.54) is 4.88 Å². The Morgan fingerprint density at radius 3 is 2.50 bits per heavy atom. The fraction of sp³-hybridized carbons (Fsp3) is 0.444. The first-order valence-electron chi connectivity index (χ1n) is 8.86. The van der Waals surface area contributed by atoms with Crippen molar-refractivity contribution >= 4 is 34.8 Å². The van der Waals surface area contributed by atoms with E-state index in [-0.39, 0.29) is 11.1 Å². The molecule has 0 unspecified atom stereocenters. The van der Waals surface area contributed by atoms with Gasteiger partial charge in [0.25, 0.3) is 0 Å². The van der Waals surface area contributed by atoms with Gasteiger partial charge in [-0.05, 0) is 24.6 Å². The van der Waals surface area contributed by atoms with Crippen LogP contribution in [0.15, 0.2) is 24.4 Å². The molecule has 2 aromatic heterocycles. The molecule has 0 bridgehead atoms. The molecule has 2 amide bonds. The highest BCUT2D eigenvalue weighted by Gasteiger charge is 2.32. The number of hydrogen-bond donors (Lipinski definition) is 1. The van der Waals surface area contributed by atoms with Crippen LogP contribution in [0, 0.1) is 0 Å². The Morgan fingerprint density at radius 2 is 1.93 bits per heavy atom. The summed E-state index contributed by atoms with van der Waals surface area (Å²) in [5, 5.41) is 2.86. The summed E-state index contributed by atoms with van der Waals surface area (Å²) in [5.41, 5.74) is -0.876. The van der Waals surface area contributed by atoms with E-state index < -0.39 is 11.7 Å². The number of carbonyl (C=O) groups excluding carboxylic acids is 1. The number of pyridine rings is 1. The number of urea groups is 1. The quantitative estimate of drug-likeness (QED) is 0.778. The van der Waals surface area contributed by atoms with Crippen molar-refractivity contribution in [1.29, 1.82) is 0 Å². The maximum Gasteiger partial charge on any atom is 0.417 e. The summed E-state index contributed by atoms with van der Waals surface area (Å²) < 4.78 is 38.2. The topological polar surface area (TPSA) is 48.5 Å². The Morgan fingerprint density at radius 1 is 1.25 bits per heavy atom. The van der Waals surface area contributed by atoms with Gasteiger partial charge in [0.2, 0.25) is 0 Å². The van der Waals surface area contributed by atoms with Crippen molar-refractivity contribution in [2.75, 3.05) is 31.1 Å². The minimum Gasteiger partial charge on any atom is -0.352 e. The van der Waals surface area contributed by atoms with Gasteiger partial charge >= 0.3 is 12.2 Å². The summed E-state index contributed by atoms with van der Waals surface area (Å²) in [6.45, 7) is 4.35. The second-order valence-corrected chi connectivity index (χ2v) is 8.04. The second kappa shape index (κ2) is 8.57. The van der Waals surface area contributed by atoms with E-state index in [1.807, 2.05) is 6.07 Å². The number of nitrogens with one attached hydrogen (secondary N) is 1. The summed E-state index contributed by atoms with van der Waals surface area (Å²) in [6, 6.07) is 4.80. The molecule has 152 valence electrons. The van der Waals surface area contributed by atoms with E-state index in [2.05, 4.69) is 23.3 Å². The first-order valence-corrected chi connectivity index (χ1v) is 10.1. The summed E-state index contributed by atoms with van der Waals surface area (Å²) in [7, 11) is 0. The number of anilines is 1. The number of aromatic nitrogens is 1. The molecule has 28 heavy (non-hydrogen) atoms. The first-order chi connectivity index (χ1) is 13.3. The first kappa shape index (κ1) is 20.7. The average Bonchev–Trinajstić information content (AvgIpc) is 3.13. The number of rotatable bonds is 4. The van der Waals surface area contributed by atoms with E-state index in [9.17, 15) is 18.0 Å². The lowest BCUT2D eigenvalue weighted by molar-refractivity contribution is -0.137. The van der Waals surface area contributed by atoms with Crippen LogP contribution < -0.4 is 10.2 Å². The van der Waals surface area contributed by atoms with Crippen LogP contribution in [0.2, 0.25) is 5.02 Å². The number of alkyl halides is 3. The molecule has 5 nitrogen and oxygen atoms in total. The highest BCUT2D eigenvalue weighted by molar-refractivity contribution is 7.11. The van der Waals surface area contributed by atoms with Crippen LogP contribution in [-0.2, 0) is 19.1 Å². The predicted molar refractivity (Wildman–Crippen MR) is 104 cm³/mol. The molecular formula is C18H20ClF3N4OS. The third-order valence-electron chi connectivity index (χ3n) is 4.50. The largest absolute Gasteiger partial charge is 0.417 e. The number of thiophene rings is 1. The van der Waals surface area contributed by atoms with Gasteiger partial charge in [-0.25, -0.2) is 9.78 Å². The lowest BCUT2D eigenvalue weighted by Gasteiger charge is -2.35. The molecule has 10 heteroatoms. The monoisotopic (exact) mass is 432 g/mol. The van der Waals surface area contributed by atoms with Crippen molar-refractivity contribution in [3.63, 3.8) is 0 Å². The van der Waals surface area contributed by atoms with E-state index >= 15 is 0 Å². The van der Waals surface area contributed by atoms with Gasteiger partial charge in [-0.3, -0.25) is 0 Å². The number of halogens is 4. The highest BCUT2D eigenvalue weighted by atomic mass is 35.5. The maximum absolute atomic E-state index is 12.7. The average molecular weight is 433 g/mol. The van der Waals surface area contributed by atoms with Crippen LogP contribution in [-0.4, -0.2) is 42.1 Å². The Kier molecular flexibility index (Phi) is 6.34. The van der Waals surface area contributed by atoms with Crippen LogP contribution in [0.3, 0.4) is 0 Å². The van der Waals surface area contributed by atoms with Gasteiger partial charge in [-0.15, -0.1) is 11.3 Å². The van der Waals surface area contributed by atoms with Crippen LogP contribution in [0.5, 0.6) is 0 Å². The molecule has 1 aliphatic heterocycles. The number of aryl methyl sites for hydroxylation is 1. The standard InChI is InChI=1S/C18H20ClF3N4OS/c1-2-13-3-4-14(28-13)11-24-17(27)26-7-5-25(6-8-26)16-15(19)9-12(10-23-16)18(20,21)22/h3-4,9-10H,2,5-8,11H2,1H3,(H,24,27). The van der Waals surface area contributed by atoms with Crippen molar-refractivity contribution in [3.05, 3.63) is 44.7 Å². The molecule has 3 rings (SSSR count). The normalized spacial score (nSPS) is 15.0.